The summed E-state index contributed by atoms with van der Waals surface area (Å²) in [6, 6.07) is 4.21. The molecule has 1 aliphatic carbocycles. The fraction of sp³-hybridized carbons (Fsp3) is 0.545. The number of carbonyl (C=O) groups is 1. The number of carbonyl (C=O) groups excluding carboxylic acids is 1. The Labute approximate surface area is 88.5 Å². The number of hydrogen-bond donors (Lipinski definition) is 0. The molecule has 1 amide bonds. The van der Waals surface area contributed by atoms with Gasteiger partial charge in [-0.15, -0.1) is 11.3 Å². The molecule has 0 aliphatic heterocycles. The van der Waals surface area contributed by atoms with Gasteiger partial charge in [-0.1, -0.05) is 6.07 Å². The van der Waals surface area contributed by atoms with Crippen molar-refractivity contribution in [3.63, 3.8) is 0 Å². The first-order valence-corrected chi connectivity index (χ1v) is 5.89. The van der Waals surface area contributed by atoms with Crippen molar-refractivity contribution in [2.24, 2.45) is 5.92 Å². The van der Waals surface area contributed by atoms with E-state index in [1.165, 1.54) is 24.2 Å². The summed E-state index contributed by atoms with van der Waals surface area (Å²) in [5.41, 5.74) is 0. The zero-order valence-corrected chi connectivity index (χ0v) is 9.38. The Morgan fingerprint density at radius 3 is 2.86 bits per heavy atom. The molecular weight excluding hydrogens is 194 g/mol. The van der Waals surface area contributed by atoms with Crippen LogP contribution in [0.5, 0.6) is 0 Å². The molecule has 1 unspecified atom stereocenters. The molecular formula is C11H15NOS. The summed E-state index contributed by atoms with van der Waals surface area (Å²) in [7, 11) is 1.91. The first kappa shape index (κ1) is 9.71. The second-order valence-electron chi connectivity index (χ2n) is 3.97. The molecule has 0 radical (unpaired) electrons. The highest BCUT2D eigenvalue weighted by Gasteiger charge is 2.32. The fourth-order valence-corrected chi connectivity index (χ4v) is 2.36. The Bertz CT molecular complexity index is 316. The van der Waals surface area contributed by atoms with Gasteiger partial charge in [-0.3, -0.25) is 4.79 Å². The SMILES string of the molecule is CC(C1CC1)N(C)C(=O)c1cccs1. The van der Waals surface area contributed by atoms with E-state index in [0.717, 1.165) is 10.8 Å². The number of thiophene rings is 1. The third-order valence-corrected chi connectivity index (χ3v) is 3.83. The summed E-state index contributed by atoms with van der Waals surface area (Å²) in [5.74, 6) is 0.906. The lowest BCUT2D eigenvalue weighted by atomic mass is 10.2. The average Bonchev–Trinajstić information content (AvgIpc) is 2.90. The Morgan fingerprint density at radius 2 is 2.36 bits per heavy atom. The molecule has 3 heteroatoms. The molecule has 0 aromatic carbocycles. The summed E-state index contributed by atoms with van der Waals surface area (Å²) in [6.45, 7) is 2.14. The first-order valence-electron chi connectivity index (χ1n) is 5.01. The van der Waals surface area contributed by atoms with Gasteiger partial charge < -0.3 is 4.90 Å². The van der Waals surface area contributed by atoms with Crippen LogP contribution in [0.15, 0.2) is 17.5 Å². The van der Waals surface area contributed by atoms with Crippen LogP contribution in [0.3, 0.4) is 0 Å². The van der Waals surface area contributed by atoms with Crippen molar-refractivity contribution in [3.05, 3.63) is 22.4 Å². The molecule has 1 aliphatic rings. The summed E-state index contributed by atoms with van der Waals surface area (Å²) in [6.07, 6.45) is 2.56. The molecule has 76 valence electrons. The largest absolute Gasteiger partial charge is 0.338 e. The molecule has 1 saturated carbocycles. The maximum absolute atomic E-state index is 11.9. The second kappa shape index (κ2) is 3.73. The van der Waals surface area contributed by atoms with Gasteiger partial charge in [0, 0.05) is 13.1 Å². The normalized spacial score (nSPS) is 17.9. The van der Waals surface area contributed by atoms with E-state index in [1.54, 1.807) is 0 Å². The van der Waals surface area contributed by atoms with Crippen LogP contribution in [0.25, 0.3) is 0 Å². The Balaban J connectivity index is 2.03. The van der Waals surface area contributed by atoms with Crippen molar-refractivity contribution >= 4 is 17.2 Å². The number of amides is 1. The maximum atomic E-state index is 11.9. The standard InChI is InChI=1S/C11H15NOS/c1-8(9-5-6-9)12(2)11(13)10-4-3-7-14-10/h3-4,7-9H,5-6H2,1-2H3. The van der Waals surface area contributed by atoms with Crippen molar-refractivity contribution in [1.82, 2.24) is 4.90 Å². The van der Waals surface area contributed by atoms with Crippen LogP contribution in [-0.2, 0) is 0 Å². The van der Waals surface area contributed by atoms with Crippen molar-refractivity contribution < 1.29 is 4.79 Å². The van der Waals surface area contributed by atoms with E-state index in [2.05, 4.69) is 6.92 Å². The molecule has 0 saturated heterocycles. The predicted octanol–water partition coefficient (Wildman–Crippen LogP) is 2.62. The van der Waals surface area contributed by atoms with E-state index in [0.29, 0.717) is 6.04 Å². The molecule has 2 nitrogen and oxygen atoms in total. The molecule has 1 heterocycles. The molecule has 0 spiro atoms. The van der Waals surface area contributed by atoms with Gasteiger partial charge in [-0.05, 0) is 37.1 Å². The molecule has 1 aromatic heterocycles. The van der Waals surface area contributed by atoms with E-state index in [4.69, 9.17) is 0 Å². The van der Waals surface area contributed by atoms with Gasteiger partial charge in [0.2, 0.25) is 0 Å². The van der Waals surface area contributed by atoms with Gasteiger partial charge in [0.25, 0.3) is 5.91 Å². The van der Waals surface area contributed by atoms with Crippen LogP contribution < -0.4 is 0 Å². The first-order chi connectivity index (χ1) is 6.70. The van der Waals surface area contributed by atoms with E-state index >= 15 is 0 Å². The van der Waals surface area contributed by atoms with Gasteiger partial charge in [0.1, 0.15) is 0 Å². The molecule has 14 heavy (non-hydrogen) atoms. The zero-order chi connectivity index (χ0) is 10.1. The topological polar surface area (TPSA) is 20.3 Å². The summed E-state index contributed by atoms with van der Waals surface area (Å²) in [4.78, 5) is 14.6. The Hall–Kier alpha value is -0.830. The average molecular weight is 209 g/mol. The van der Waals surface area contributed by atoms with E-state index < -0.39 is 0 Å². The molecule has 2 rings (SSSR count). The highest BCUT2D eigenvalue weighted by atomic mass is 32.1. The number of hydrogen-bond acceptors (Lipinski definition) is 2. The third kappa shape index (κ3) is 1.82. The van der Waals surface area contributed by atoms with Gasteiger partial charge in [-0.25, -0.2) is 0 Å². The number of nitrogens with zero attached hydrogens (tertiary/aromatic N) is 1. The molecule has 0 N–H and O–H groups in total. The van der Waals surface area contributed by atoms with Gasteiger partial charge in [0.15, 0.2) is 0 Å². The molecule has 1 atom stereocenters. The van der Waals surface area contributed by atoms with Gasteiger partial charge >= 0.3 is 0 Å². The lowest BCUT2D eigenvalue weighted by molar-refractivity contribution is 0.0732. The van der Waals surface area contributed by atoms with Gasteiger partial charge in [-0.2, -0.15) is 0 Å². The second-order valence-corrected chi connectivity index (χ2v) is 4.92. The summed E-state index contributed by atoms with van der Waals surface area (Å²) in [5, 5.41) is 1.95. The van der Waals surface area contributed by atoms with Crippen LogP contribution in [0.2, 0.25) is 0 Å². The fourth-order valence-electron chi connectivity index (χ4n) is 1.65. The van der Waals surface area contributed by atoms with Crippen LogP contribution in [0.1, 0.15) is 29.4 Å². The highest BCUT2D eigenvalue weighted by Crippen LogP contribution is 2.35. The maximum Gasteiger partial charge on any atom is 0.263 e. The predicted molar refractivity (Wildman–Crippen MR) is 58.6 cm³/mol. The van der Waals surface area contributed by atoms with Crippen molar-refractivity contribution in [2.75, 3.05) is 7.05 Å². The van der Waals surface area contributed by atoms with Crippen LogP contribution in [0, 0.1) is 5.92 Å². The van der Waals surface area contributed by atoms with Crippen molar-refractivity contribution in [3.8, 4) is 0 Å². The monoisotopic (exact) mass is 209 g/mol. The van der Waals surface area contributed by atoms with E-state index in [-0.39, 0.29) is 5.91 Å². The Kier molecular flexibility index (Phi) is 2.59. The summed E-state index contributed by atoms with van der Waals surface area (Å²) < 4.78 is 0. The van der Waals surface area contributed by atoms with Crippen LogP contribution in [-0.4, -0.2) is 23.9 Å². The third-order valence-electron chi connectivity index (χ3n) is 2.97. The van der Waals surface area contributed by atoms with E-state index in [1.807, 2.05) is 29.5 Å². The quantitative estimate of drug-likeness (QED) is 0.749. The summed E-state index contributed by atoms with van der Waals surface area (Å²) >= 11 is 1.52. The smallest absolute Gasteiger partial charge is 0.263 e. The number of rotatable bonds is 3. The molecule has 1 aromatic rings. The van der Waals surface area contributed by atoms with Crippen molar-refractivity contribution in [1.29, 1.82) is 0 Å². The Morgan fingerprint density at radius 1 is 1.64 bits per heavy atom. The highest BCUT2D eigenvalue weighted by molar-refractivity contribution is 7.12. The molecule has 1 fully saturated rings. The van der Waals surface area contributed by atoms with Crippen molar-refractivity contribution in [2.45, 2.75) is 25.8 Å². The molecule has 0 bridgehead atoms. The van der Waals surface area contributed by atoms with E-state index in [9.17, 15) is 4.79 Å². The van der Waals surface area contributed by atoms with Crippen LogP contribution in [0.4, 0.5) is 0 Å². The minimum absolute atomic E-state index is 0.166. The van der Waals surface area contributed by atoms with Gasteiger partial charge in [0.05, 0.1) is 4.88 Å². The lowest BCUT2D eigenvalue weighted by Crippen LogP contribution is -2.35. The lowest BCUT2D eigenvalue weighted by Gasteiger charge is -2.24. The zero-order valence-electron chi connectivity index (χ0n) is 8.56. The minimum Gasteiger partial charge on any atom is -0.338 e. The van der Waals surface area contributed by atoms with Crippen LogP contribution >= 0.6 is 11.3 Å². The minimum atomic E-state index is 0.166.